The fourth-order valence-corrected chi connectivity index (χ4v) is 1.11. The van der Waals surface area contributed by atoms with Crippen molar-refractivity contribution in [1.29, 1.82) is 0 Å². The van der Waals surface area contributed by atoms with Crippen molar-refractivity contribution in [3.8, 4) is 0 Å². The minimum Gasteiger partial charge on any atom is -0.469 e. The average Bonchev–Trinajstić information content (AvgIpc) is 2.11. The van der Waals surface area contributed by atoms with Crippen LogP contribution in [0.1, 0.15) is 13.8 Å². The molecule has 0 amide bonds. The molecule has 0 unspecified atom stereocenters. The molecule has 76 valence electrons. The Hall–Kier alpha value is -0.870. The van der Waals surface area contributed by atoms with E-state index < -0.39 is 12.0 Å². The number of rotatable bonds is 5. The van der Waals surface area contributed by atoms with Crippen LogP contribution in [0.25, 0.3) is 10.4 Å². The number of hydrogen-bond donors (Lipinski definition) is 0. The molecule has 0 spiro atoms. The molecule has 13 heavy (non-hydrogen) atoms. The van der Waals surface area contributed by atoms with Crippen LogP contribution in [0.4, 0.5) is 0 Å². The molecule has 1 atom stereocenters. The summed E-state index contributed by atoms with van der Waals surface area (Å²) in [6.07, 6.45) is 2.45. The van der Waals surface area contributed by atoms with Crippen molar-refractivity contribution in [3.63, 3.8) is 0 Å². The zero-order valence-corrected chi connectivity index (χ0v) is 7.87. The highest BCUT2D eigenvalue weighted by atomic mass is 32.2. The molecule has 0 rings (SSSR count). The first-order valence-electron chi connectivity index (χ1n) is 3.37. The molecule has 0 aromatic rings. The van der Waals surface area contributed by atoms with E-state index in [1.807, 2.05) is 6.26 Å². The van der Waals surface area contributed by atoms with Crippen LogP contribution in [-0.2, 0) is 9.53 Å². The van der Waals surface area contributed by atoms with Crippen LogP contribution in [0.15, 0.2) is 5.11 Å². The van der Waals surface area contributed by atoms with E-state index in [9.17, 15) is 4.79 Å². The first-order valence-corrected chi connectivity index (χ1v) is 4.76. The van der Waals surface area contributed by atoms with E-state index >= 15 is 0 Å². The predicted octanol–water partition coefficient (Wildman–Crippen LogP) is 2.23. The second-order valence-corrected chi connectivity index (χ2v) is 3.01. The number of hydrogen-bond acceptors (Lipinski definition) is 4. The van der Waals surface area contributed by atoms with E-state index in [1.165, 1.54) is 7.11 Å². The van der Waals surface area contributed by atoms with E-state index in [-0.39, 0.29) is 7.43 Å². The minimum absolute atomic E-state index is 0. The topological polar surface area (TPSA) is 75.1 Å². The maximum absolute atomic E-state index is 10.9. The van der Waals surface area contributed by atoms with E-state index in [2.05, 4.69) is 14.8 Å². The van der Waals surface area contributed by atoms with Crippen LogP contribution in [0.2, 0.25) is 0 Å². The van der Waals surface area contributed by atoms with E-state index in [4.69, 9.17) is 5.53 Å². The summed E-state index contributed by atoms with van der Waals surface area (Å²) in [6.45, 7) is 0. The number of esters is 1. The largest absolute Gasteiger partial charge is 0.469 e. The highest BCUT2D eigenvalue weighted by Crippen LogP contribution is 2.05. The van der Waals surface area contributed by atoms with Gasteiger partial charge in [0.25, 0.3) is 0 Å². The lowest BCUT2D eigenvalue weighted by molar-refractivity contribution is -0.142. The zero-order chi connectivity index (χ0) is 9.40. The molecule has 5 nitrogen and oxygen atoms in total. The number of carbonyl (C=O) groups excluding carboxylic acids is 1. The van der Waals surface area contributed by atoms with E-state index in [0.717, 1.165) is 5.75 Å². The Kier molecular flexibility index (Phi) is 10.4. The first kappa shape index (κ1) is 14.6. The third kappa shape index (κ3) is 6.31. The number of azide groups is 1. The van der Waals surface area contributed by atoms with Gasteiger partial charge in [-0.15, -0.1) is 0 Å². The van der Waals surface area contributed by atoms with Gasteiger partial charge in [-0.3, -0.25) is 4.79 Å². The molecule has 0 aromatic heterocycles. The monoisotopic (exact) mass is 205 g/mol. The molecular formula is C7H15N3O2S. The third-order valence-corrected chi connectivity index (χ3v) is 1.90. The van der Waals surface area contributed by atoms with Gasteiger partial charge in [0.15, 0.2) is 0 Å². The van der Waals surface area contributed by atoms with Crippen LogP contribution >= 0.6 is 11.8 Å². The SMILES string of the molecule is C.COC(=O)[C@@H](CCSC)N=[N+]=[N-]. The summed E-state index contributed by atoms with van der Waals surface area (Å²) < 4.78 is 4.45. The Balaban J connectivity index is 0. The lowest BCUT2D eigenvalue weighted by Gasteiger charge is -2.06. The zero-order valence-electron chi connectivity index (χ0n) is 7.06. The number of thioether (sulfide) groups is 1. The molecule has 0 radical (unpaired) electrons. The number of nitrogens with zero attached hydrogens (tertiary/aromatic N) is 3. The average molecular weight is 205 g/mol. The standard InChI is InChI=1S/C6H11N3O2S.CH4/c1-11-6(10)5(8-9-7)3-4-12-2;/h5H,3-4H2,1-2H3;1H4/t5-;/m1./s1. The van der Waals surface area contributed by atoms with Gasteiger partial charge in [0.2, 0.25) is 0 Å². The molecule has 0 aliphatic carbocycles. The fraction of sp³-hybridized carbons (Fsp3) is 0.857. The van der Waals surface area contributed by atoms with Gasteiger partial charge in [-0.1, -0.05) is 12.5 Å². The van der Waals surface area contributed by atoms with Gasteiger partial charge in [-0.25, -0.2) is 0 Å². The lowest BCUT2D eigenvalue weighted by atomic mass is 10.2. The van der Waals surface area contributed by atoms with Crippen molar-refractivity contribution < 1.29 is 9.53 Å². The van der Waals surface area contributed by atoms with Gasteiger partial charge < -0.3 is 4.74 Å². The van der Waals surface area contributed by atoms with Gasteiger partial charge >= 0.3 is 5.97 Å². The summed E-state index contributed by atoms with van der Waals surface area (Å²) in [4.78, 5) is 13.5. The van der Waals surface area contributed by atoms with Crippen LogP contribution in [-0.4, -0.2) is 31.1 Å². The highest BCUT2D eigenvalue weighted by molar-refractivity contribution is 7.98. The quantitative estimate of drug-likeness (QED) is 0.299. The molecule has 0 saturated heterocycles. The van der Waals surface area contributed by atoms with Crippen molar-refractivity contribution in [2.24, 2.45) is 5.11 Å². The molecule has 6 heteroatoms. The van der Waals surface area contributed by atoms with Crippen molar-refractivity contribution in [2.45, 2.75) is 19.9 Å². The van der Waals surface area contributed by atoms with Crippen molar-refractivity contribution in [2.75, 3.05) is 19.1 Å². The molecule has 0 heterocycles. The summed E-state index contributed by atoms with van der Waals surface area (Å²) >= 11 is 1.59. The fourth-order valence-electron chi connectivity index (χ4n) is 0.651. The Morgan fingerprint density at radius 3 is 2.77 bits per heavy atom. The highest BCUT2D eigenvalue weighted by Gasteiger charge is 2.15. The second-order valence-electron chi connectivity index (χ2n) is 2.03. The lowest BCUT2D eigenvalue weighted by Crippen LogP contribution is -2.20. The normalized spacial score (nSPS) is 10.6. The third-order valence-electron chi connectivity index (χ3n) is 1.26. The molecule has 0 saturated carbocycles. The molecule has 0 aliphatic rings. The number of ether oxygens (including phenoxy) is 1. The number of carbonyl (C=O) groups is 1. The minimum atomic E-state index is -0.674. The van der Waals surface area contributed by atoms with Crippen molar-refractivity contribution in [1.82, 2.24) is 0 Å². The predicted molar refractivity (Wildman–Crippen MR) is 54.7 cm³/mol. The summed E-state index contributed by atoms with van der Waals surface area (Å²) in [5, 5.41) is 3.33. The van der Waals surface area contributed by atoms with Gasteiger partial charge in [0.1, 0.15) is 6.04 Å². The molecule has 0 bridgehead atoms. The van der Waals surface area contributed by atoms with Crippen LogP contribution in [0.3, 0.4) is 0 Å². The summed E-state index contributed by atoms with van der Waals surface area (Å²) in [7, 11) is 1.28. The van der Waals surface area contributed by atoms with Crippen molar-refractivity contribution >= 4 is 17.7 Å². The van der Waals surface area contributed by atoms with Gasteiger partial charge in [-0.05, 0) is 24.0 Å². The van der Waals surface area contributed by atoms with Crippen molar-refractivity contribution in [3.05, 3.63) is 10.4 Å². The summed E-state index contributed by atoms with van der Waals surface area (Å²) in [5.41, 5.74) is 8.12. The Morgan fingerprint density at radius 2 is 2.38 bits per heavy atom. The molecular weight excluding hydrogens is 190 g/mol. The van der Waals surface area contributed by atoms with Gasteiger partial charge in [0, 0.05) is 4.91 Å². The maximum atomic E-state index is 10.9. The number of methoxy groups -OCH3 is 1. The smallest absolute Gasteiger partial charge is 0.314 e. The maximum Gasteiger partial charge on any atom is 0.314 e. The van der Waals surface area contributed by atoms with Gasteiger partial charge in [-0.2, -0.15) is 11.8 Å². The van der Waals surface area contributed by atoms with E-state index in [1.54, 1.807) is 11.8 Å². The van der Waals surface area contributed by atoms with Gasteiger partial charge in [0.05, 0.1) is 7.11 Å². The summed E-state index contributed by atoms with van der Waals surface area (Å²) in [6, 6.07) is -0.674. The summed E-state index contributed by atoms with van der Waals surface area (Å²) in [5.74, 6) is 0.306. The Labute approximate surface area is 82.5 Å². The van der Waals surface area contributed by atoms with Crippen LogP contribution in [0.5, 0.6) is 0 Å². The molecule has 0 aromatic carbocycles. The molecule has 0 fully saturated rings. The second kappa shape index (κ2) is 9.22. The first-order chi connectivity index (χ1) is 5.76. The van der Waals surface area contributed by atoms with E-state index in [0.29, 0.717) is 6.42 Å². The molecule has 0 N–H and O–H groups in total. The molecule has 0 aliphatic heterocycles. The van der Waals surface area contributed by atoms with Crippen LogP contribution in [0, 0.1) is 0 Å². The Morgan fingerprint density at radius 1 is 1.77 bits per heavy atom. The Bertz CT molecular complexity index is 192. The van der Waals surface area contributed by atoms with Crippen LogP contribution < -0.4 is 0 Å².